The maximum Gasteiger partial charge on any atom is 0.243 e. The zero-order valence-electron chi connectivity index (χ0n) is 16.4. The molecule has 1 aromatic heterocycles. The molecule has 0 atom stereocenters. The highest BCUT2D eigenvalue weighted by Crippen LogP contribution is 2.31. The Hall–Kier alpha value is -2.59. The molecule has 0 radical (unpaired) electrons. The minimum atomic E-state index is -3.63. The fraction of sp³-hybridized carbons (Fsp3) is 0.444. The molecule has 0 aliphatic carbocycles. The summed E-state index contributed by atoms with van der Waals surface area (Å²) in [6.07, 6.45) is 0. The van der Waals surface area contributed by atoms with Crippen molar-refractivity contribution >= 4 is 15.8 Å². The van der Waals surface area contributed by atoms with Crippen molar-refractivity contribution in [3.8, 4) is 17.4 Å². The number of methoxy groups -OCH3 is 3. The molecule has 0 unspecified atom stereocenters. The van der Waals surface area contributed by atoms with Crippen molar-refractivity contribution in [2.75, 3.05) is 52.4 Å². The van der Waals surface area contributed by atoms with Gasteiger partial charge in [-0.3, -0.25) is 0 Å². The van der Waals surface area contributed by atoms with Gasteiger partial charge in [0.25, 0.3) is 0 Å². The smallest absolute Gasteiger partial charge is 0.243 e. The Bertz CT molecular complexity index is 943. The van der Waals surface area contributed by atoms with Crippen LogP contribution in [0.3, 0.4) is 0 Å². The van der Waals surface area contributed by atoms with E-state index in [9.17, 15) is 8.42 Å². The number of ether oxygens (including phenoxy) is 3. The van der Waals surface area contributed by atoms with Crippen molar-refractivity contribution in [1.29, 1.82) is 0 Å². The number of benzene rings is 1. The first kappa shape index (κ1) is 20.2. The largest absolute Gasteiger partial charge is 0.493 e. The molecular formula is C18H24N4O5S. The van der Waals surface area contributed by atoms with Crippen LogP contribution in [-0.2, 0) is 10.0 Å². The number of anilines is 1. The van der Waals surface area contributed by atoms with Crippen LogP contribution < -0.4 is 19.1 Å². The van der Waals surface area contributed by atoms with Crippen LogP contribution in [-0.4, -0.2) is 70.2 Å². The number of sulfonamides is 1. The quantitative estimate of drug-likeness (QED) is 0.707. The lowest BCUT2D eigenvalue weighted by atomic mass is 10.3. The van der Waals surface area contributed by atoms with Gasteiger partial charge in [0.05, 0.1) is 26.2 Å². The molecule has 2 heterocycles. The van der Waals surface area contributed by atoms with E-state index >= 15 is 0 Å². The van der Waals surface area contributed by atoms with Gasteiger partial charge < -0.3 is 19.1 Å². The number of aryl methyl sites for hydroxylation is 1. The van der Waals surface area contributed by atoms with Gasteiger partial charge in [-0.15, -0.1) is 0 Å². The van der Waals surface area contributed by atoms with E-state index in [1.807, 2.05) is 4.90 Å². The van der Waals surface area contributed by atoms with Crippen LogP contribution in [0.5, 0.6) is 17.4 Å². The van der Waals surface area contributed by atoms with Crippen molar-refractivity contribution in [2.24, 2.45) is 0 Å². The molecule has 9 nitrogen and oxygen atoms in total. The molecule has 0 spiro atoms. The van der Waals surface area contributed by atoms with Crippen LogP contribution in [0.2, 0.25) is 0 Å². The molecule has 0 amide bonds. The lowest BCUT2D eigenvalue weighted by molar-refractivity contribution is 0.353. The number of rotatable bonds is 6. The van der Waals surface area contributed by atoms with Crippen LogP contribution in [0.4, 0.5) is 5.82 Å². The van der Waals surface area contributed by atoms with Crippen molar-refractivity contribution in [1.82, 2.24) is 14.3 Å². The first-order chi connectivity index (χ1) is 13.4. The van der Waals surface area contributed by atoms with Crippen LogP contribution in [0, 0.1) is 6.92 Å². The zero-order chi connectivity index (χ0) is 20.3. The van der Waals surface area contributed by atoms with E-state index < -0.39 is 10.0 Å². The Morgan fingerprint density at radius 3 is 2.18 bits per heavy atom. The van der Waals surface area contributed by atoms with Crippen molar-refractivity contribution < 1.29 is 22.6 Å². The lowest BCUT2D eigenvalue weighted by Gasteiger charge is -2.34. The van der Waals surface area contributed by atoms with Crippen molar-refractivity contribution in [2.45, 2.75) is 11.8 Å². The Labute approximate surface area is 164 Å². The molecule has 0 N–H and O–H groups in total. The molecule has 1 fully saturated rings. The van der Waals surface area contributed by atoms with Gasteiger partial charge in [0.1, 0.15) is 11.6 Å². The summed E-state index contributed by atoms with van der Waals surface area (Å²) in [6, 6.07) is 6.37. The third-order valence-corrected chi connectivity index (χ3v) is 6.46. The number of piperazine rings is 1. The summed E-state index contributed by atoms with van der Waals surface area (Å²) in [6.45, 7) is 3.53. The average Bonchev–Trinajstić information content (AvgIpc) is 2.72. The van der Waals surface area contributed by atoms with E-state index in [-0.39, 0.29) is 4.90 Å². The molecule has 1 aliphatic heterocycles. The second kappa shape index (κ2) is 8.19. The monoisotopic (exact) mass is 408 g/mol. The second-order valence-corrected chi connectivity index (χ2v) is 8.16. The summed E-state index contributed by atoms with van der Waals surface area (Å²) in [5.41, 5.74) is 0. The molecule has 0 saturated carbocycles. The van der Waals surface area contributed by atoms with E-state index in [0.717, 1.165) is 5.82 Å². The zero-order valence-corrected chi connectivity index (χ0v) is 17.2. The predicted molar refractivity (Wildman–Crippen MR) is 104 cm³/mol. The number of hydrogen-bond donors (Lipinski definition) is 0. The summed E-state index contributed by atoms with van der Waals surface area (Å²) in [5, 5.41) is 0. The number of hydrogen-bond acceptors (Lipinski definition) is 8. The van der Waals surface area contributed by atoms with Crippen LogP contribution in [0.15, 0.2) is 29.2 Å². The Kier molecular flexibility index (Phi) is 5.90. The third-order valence-electron chi connectivity index (χ3n) is 4.57. The highest BCUT2D eigenvalue weighted by Gasteiger charge is 2.30. The minimum Gasteiger partial charge on any atom is -0.493 e. The maximum absolute atomic E-state index is 13.0. The van der Waals surface area contributed by atoms with Gasteiger partial charge in [-0.1, -0.05) is 0 Å². The molecule has 1 aliphatic rings. The normalized spacial score (nSPS) is 15.4. The first-order valence-corrected chi connectivity index (χ1v) is 10.2. The summed E-state index contributed by atoms with van der Waals surface area (Å²) in [5.74, 6) is 2.69. The summed E-state index contributed by atoms with van der Waals surface area (Å²) in [7, 11) is 0.908. The summed E-state index contributed by atoms with van der Waals surface area (Å²) >= 11 is 0. The van der Waals surface area contributed by atoms with E-state index in [0.29, 0.717) is 49.4 Å². The first-order valence-electron chi connectivity index (χ1n) is 8.76. The lowest BCUT2D eigenvalue weighted by Crippen LogP contribution is -2.49. The van der Waals surface area contributed by atoms with Crippen LogP contribution in [0.1, 0.15) is 5.82 Å². The minimum absolute atomic E-state index is 0.179. The molecule has 0 bridgehead atoms. The molecule has 28 heavy (non-hydrogen) atoms. The molecular weight excluding hydrogens is 384 g/mol. The Morgan fingerprint density at radius 2 is 1.57 bits per heavy atom. The molecule has 10 heteroatoms. The van der Waals surface area contributed by atoms with E-state index in [4.69, 9.17) is 14.2 Å². The average molecular weight is 408 g/mol. The highest BCUT2D eigenvalue weighted by molar-refractivity contribution is 7.89. The number of nitrogens with zero attached hydrogens (tertiary/aromatic N) is 4. The fourth-order valence-electron chi connectivity index (χ4n) is 3.08. The van der Waals surface area contributed by atoms with E-state index in [2.05, 4.69) is 9.97 Å². The van der Waals surface area contributed by atoms with Crippen molar-refractivity contribution in [3.63, 3.8) is 0 Å². The Balaban J connectivity index is 1.76. The fourth-order valence-corrected chi connectivity index (χ4v) is 4.51. The van der Waals surface area contributed by atoms with Crippen LogP contribution in [0.25, 0.3) is 0 Å². The van der Waals surface area contributed by atoms with Crippen LogP contribution >= 0.6 is 0 Å². The molecule has 3 rings (SSSR count). The van der Waals surface area contributed by atoms with Gasteiger partial charge in [-0.25, -0.2) is 13.4 Å². The summed E-state index contributed by atoms with van der Waals surface area (Å²) < 4.78 is 43.1. The molecule has 1 aromatic carbocycles. The van der Waals surface area contributed by atoms with E-state index in [1.165, 1.54) is 30.7 Å². The predicted octanol–water partition coefficient (Wildman–Crippen LogP) is 1.32. The van der Waals surface area contributed by atoms with Gasteiger partial charge >= 0.3 is 0 Å². The van der Waals surface area contributed by atoms with Gasteiger partial charge in [-0.05, 0) is 19.1 Å². The van der Waals surface area contributed by atoms with Gasteiger partial charge in [0.2, 0.25) is 15.9 Å². The van der Waals surface area contributed by atoms with Gasteiger partial charge in [-0.2, -0.15) is 9.29 Å². The standard InChI is InChI=1S/C18H24N4O5S/c1-13-19-17(12-18(20-13)27-4)21-7-9-22(10-8-21)28(23,24)14-5-6-15(25-2)16(11-14)26-3/h5-6,11-12H,7-10H2,1-4H3. The van der Waals surface area contributed by atoms with E-state index in [1.54, 1.807) is 26.2 Å². The Morgan fingerprint density at radius 1 is 0.893 bits per heavy atom. The molecule has 152 valence electrons. The summed E-state index contributed by atoms with van der Waals surface area (Å²) in [4.78, 5) is 10.8. The van der Waals surface area contributed by atoms with Gasteiger partial charge in [0.15, 0.2) is 11.5 Å². The van der Waals surface area contributed by atoms with Crippen molar-refractivity contribution in [3.05, 3.63) is 30.1 Å². The third kappa shape index (κ3) is 3.97. The SMILES string of the molecule is COc1cc(N2CCN(S(=O)(=O)c3ccc(OC)c(OC)c3)CC2)nc(C)n1. The maximum atomic E-state index is 13.0. The highest BCUT2D eigenvalue weighted by atomic mass is 32.2. The molecule has 2 aromatic rings. The number of aromatic nitrogens is 2. The second-order valence-electron chi connectivity index (χ2n) is 6.22. The van der Waals surface area contributed by atoms with Gasteiger partial charge in [0, 0.05) is 38.3 Å². The molecule has 1 saturated heterocycles. The topological polar surface area (TPSA) is 94.1 Å².